The highest BCUT2D eigenvalue weighted by atomic mass is 32.2. The predicted octanol–water partition coefficient (Wildman–Crippen LogP) is 0.260. The molecule has 32 heteroatoms. The number of nitro benzene ring substituents is 1. The molecule has 4 aliphatic heterocycles. The number of benzene rings is 3. The highest BCUT2D eigenvalue weighted by molar-refractivity contribution is 7.85. The standard InChI is InChI=1S/C57H66N8O23S/c1-28-49(70)36(62-19-20-86-44(25-62)85-3)22-43(87-28)88-38-24-57(78,23-32-46(38)53(74)48-47(51(32)72)50(71)31-9-7-11-37(84-2)45(31)52(48)73)39(26-66)60-61-54(75)30-14-13-29(21-35(30)65(79)80)58-55(76)34-10-8-18-63(34)56(77)33(27-89(81,82)83)59-40(67)12-5-4-6-17-64-41(68)15-16-42(64)69/h7,9,11,13-16,21,28,33-34,36,38,43-44,49,66,70,72,74,78H,4-6,8,10,12,17-20,22-27H2,1-3H3,(H,58,76)(H,59,67)(H,61,75)(H,81,82,83)/b60-39+/t28-,33-,34+,36?,38+,43-,44+,49+,57+/m0/s1. The van der Waals surface area contributed by atoms with E-state index >= 15 is 0 Å². The lowest BCUT2D eigenvalue weighted by molar-refractivity contribution is -0.385. The van der Waals surface area contributed by atoms with E-state index in [9.17, 15) is 87.0 Å². The predicted molar refractivity (Wildman–Crippen MR) is 305 cm³/mol. The second-order valence-electron chi connectivity index (χ2n) is 22.2. The van der Waals surface area contributed by atoms with E-state index in [-0.39, 0.29) is 92.0 Å². The van der Waals surface area contributed by atoms with Gasteiger partial charge in [-0.3, -0.25) is 62.8 Å². The summed E-state index contributed by atoms with van der Waals surface area (Å²) in [7, 11) is -2.17. The molecule has 0 radical (unpaired) electrons. The molecule has 6 amide bonds. The molecule has 0 spiro atoms. The molecule has 3 fully saturated rings. The Balaban J connectivity index is 0.933. The van der Waals surface area contributed by atoms with Gasteiger partial charge in [0.05, 0.1) is 66.0 Å². The lowest BCUT2D eigenvalue weighted by atomic mass is 9.71. The Morgan fingerprint density at radius 3 is 2.38 bits per heavy atom. The van der Waals surface area contributed by atoms with Crippen molar-refractivity contribution in [3.8, 4) is 17.2 Å². The maximum Gasteiger partial charge on any atom is 0.284 e. The number of amides is 6. The molecule has 0 bridgehead atoms. The first-order valence-electron chi connectivity index (χ1n) is 28.4. The number of phenolic OH excluding ortho intramolecular Hbond substituents is 2. The summed E-state index contributed by atoms with van der Waals surface area (Å²) in [5, 5.41) is 80.7. The highest BCUT2D eigenvalue weighted by Crippen LogP contribution is 2.53. The van der Waals surface area contributed by atoms with E-state index in [1.54, 1.807) is 6.92 Å². The number of carbonyl (C=O) groups excluding carboxylic acids is 8. The number of morpholine rings is 1. The number of methoxy groups -OCH3 is 2. The largest absolute Gasteiger partial charge is 0.507 e. The summed E-state index contributed by atoms with van der Waals surface area (Å²) in [6.45, 7) is 1.31. The Kier molecular flexibility index (Phi) is 19.7. The number of nitro groups is 1. The number of nitrogens with zero attached hydrogens (tertiary/aromatic N) is 5. The van der Waals surface area contributed by atoms with Crippen LogP contribution in [0.1, 0.15) is 118 Å². The van der Waals surface area contributed by atoms with Crippen molar-refractivity contribution in [2.75, 3.05) is 64.7 Å². The molecule has 31 nitrogen and oxygen atoms in total. The van der Waals surface area contributed by atoms with Gasteiger partial charge < -0.3 is 64.8 Å². The Labute approximate surface area is 507 Å². The van der Waals surface area contributed by atoms with Crippen LogP contribution in [0.3, 0.4) is 0 Å². The van der Waals surface area contributed by atoms with Crippen molar-refractivity contribution in [3.05, 3.63) is 97.6 Å². The smallest absolute Gasteiger partial charge is 0.284 e. The van der Waals surface area contributed by atoms with E-state index in [4.69, 9.17) is 23.7 Å². The minimum atomic E-state index is -4.90. The highest BCUT2D eigenvalue weighted by Gasteiger charge is 2.51. The van der Waals surface area contributed by atoms with Crippen molar-refractivity contribution >= 4 is 74.2 Å². The molecule has 89 heavy (non-hydrogen) atoms. The Bertz CT molecular complexity index is 3540. The van der Waals surface area contributed by atoms with Gasteiger partial charge in [0.15, 0.2) is 18.4 Å². The number of hydrogen-bond donors (Lipinski definition) is 9. The van der Waals surface area contributed by atoms with Crippen LogP contribution in [0.4, 0.5) is 11.4 Å². The van der Waals surface area contributed by atoms with Gasteiger partial charge >= 0.3 is 0 Å². The number of fused-ring (bicyclic) bond motifs is 3. The number of nitrogens with one attached hydrogen (secondary N) is 3. The van der Waals surface area contributed by atoms with Crippen LogP contribution in [0, 0.1) is 10.1 Å². The molecule has 3 aromatic carbocycles. The third kappa shape index (κ3) is 13.7. The monoisotopic (exact) mass is 1260 g/mol. The molecule has 1 unspecified atom stereocenters. The number of likely N-dealkylation sites (tertiary alicyclic amines) is 1. The maximum atomic E-state index is 14.4. The number of aliphatic hydroxyl groups is 3. The third-order valence-corrected chi connectivity index (χ3v) is 17.3. The number of ether oxygens (including phenoxy) is 5. The fraction of sp³-hybridized carbons (Fsp3) is 0.491. The summed E-state index contributed by atoms with van der Waals surface area (Å²) in [4.78, 5) is 122. The molecule has 478 valence electrons. The molecule has 9 rings (SSSR count). The van der Waals surface area contributed by atoms with Crippen molar-refractivity contribution in [1.29, 1.82) is 0 Å². The van der Waals surface area contributed by atoms with Crippen molar-refractivity contribution in [3.63, 3.8) is 0 Å². The molecule has 9 atom stereocenters. The number of aliphatic hydroxyl groups excluding tert-OH is 2. The number of hydrazone groups is 1. The SMILES string of the molecule is COc1cccc2c1C(=O)c1c(O)c3c(c(O)c1C2=O)C[C@](O)(/C(CO)=N/NC(=O)c1ccc(NC(=O)[C@H]2CCCN2C(=O)[C@H](CS(=O)(=O)O)NC(=O)CCCCCN2C(=O)C=CC2=O)cc1[N+](=O)[O-])C[C@H]3O[C@H]1CC(N2CCO[C@@H](OC)C2)[C@H](O)[C@H](C)O1. The first-order valence-corrected chi connectivity index (χ1v) is 30.0. The first-order chi connectivity index (χ1) is 42.3. The Morgan fingerprint density at radius 2 is 1.70 bits per heavy atom. The van der Waals surface area contributed by atoms with Gasteiger partial charge in [0.1, 0.15) is 46.2 Å². The van der Waals surface area contributed by atoms with Gasteiger partial charge in [-0.25, -0.2) is 5.43 Å². The zero-order valence-electron chi connectivity index (χ0n) is 48.3. The number of phenols is 2. The summed E-state index contributed by atoms with van der Waals surface area (Å²) in [5.41, 5.74) is -5.07. The van der Waals surface area contributed by atoms with Crippen LogP contribution in [-0.4, -0.2) is 219 Å². The molecule has 0 saturated carbocycles. The fourth-order valence-electron chi connectivity index (χ4n) is 12.2. The summed E-state index contributed by atoms with van der Waals surface area (Å²) in [5.74, 6) is -9.68. The van der Waals surface area contributed by atoms with E-state index in [1.165, 1.54) is 32.4 Å². The number of rotatable bonds is 22. The van der Waals surface area contributed by atoms with E-state index in [0.717, 1.165) is 40.2 Å². The van der Waals surface area contributed by atoms with Gasteiger partial charge in [-0.05, 0) is 50.8 Å². The number of hydrogen-bond acceptors (Lipinski definition) is 24. The van der Waals surface area contributed by atoms with Gasteiger partial charge in [-0.15, -0.1) is 0 Å². The van der Waals surface area contributed by atoms with Crippen LogP contribution >= 0.6 is 0 Å². The zero-order valence-corrected chi connectivity index (χ0v) is 49.1. The zero-order chi connectivity index (χ0) is 64.4. The Hall–Kier alpha value is -8.18. The van der Waals surface area contributed by atoms with E-state index in [0.29, 0.717) is 19.4 Å². The van der Waals surface area contributed by atoms with Crippen molar-refractivity contribution in [2.45, 2.75) is 119 Å². The lowest BCUT2D eigenvalue weighted by Gasteiger charge is -2.47. The van der Waals surface area contributed by atoms with Gasteiger partial charge in [0.2, 0.25) is 23.5 Å². The lowest BCUT2D eigenvalue weighted by Crippen LogP contribution is -2.59. The van der Waals surface area contributed by atoms with E-state index < -0.39 is 181 Å². The second-order valence-corrected chi connectivity index (χ2v) is 23.7. The van der Waals surface area contributed by atoms with Crippen molar-refractivity contribution in [2.24, 2.45) is 5.10 Å². The number of imide groups is 1. The van der Waals surface area contributed by atoms with Crippen LogP contribution in [-0.2, 0) is 59.5 Å². The number of aromatic hydroxyl groups is 2. The summed E-state index contributed by atoms with van der Waals surface area (Å²) in [6.07, 6.45) is -3.74. The first kappa shape index (κ1) is 65.3. The maximum absolute atomic E-state index is 14.4. The summed E-state index contributed by atoms with van der Waals surface area (Å²) in [6, 6.07) is 3.19. The third-order valence-electron chi connectivity index (χ3n) is 16.6. The second kappa shape index (κ2) is 26.9. The van der Waals surface area contributed by atoms with E-state index in [1.807, 2.05) is 4.90 Å². The van der Waals surface area contributed by atoms with Crippen LogP contribution in [0.5, 0.6) is 17.2 Å². The van der Waals surface area contributed by atoms with Crippen LogP contribution in [0.15, 0.2) is 53.7 Å². The van der Waals surface area contributed by atoms with Gasteiger partial charge in [-0.1, -0.05) is 18.6 Å². The summed E-state index contributed by atoms with van der Waals surface area (Å²) < 4.78 is 63.0. The van der Waals surface area contributed by atoms with Crippen LogP contribution in [0.25, 0.3) is 0 Å². The van der Waals surface area contributed by atoms with E-state index in [2.05, 4.69) is 21.2 Å². The number of unbranched alkanes of at least 4 members (excludes halogenated alkanes) is 2. The summed E-state index contributed by atoms with van der Waals surface area (Å²) >= 11 is 0. The van der Waals surface area contributed by atoms with Gasteiger partial charge in [-0.2, -0.15) is 13.5 Å². The van der Waals surface area contributed by atoms with Crippen LogP contribution in [0.2, 0.25) is 0 Å². The molecule has 3 aromatic rings. The number of ketones is 2. The molecule has 4 heterocycles. The van der Waals surface area contributed by atoms with Crippen molar-refractivity contribution < 1.29 is 105 Å². The topological polar surface area (TPSA) is 440 Å². The molecule has 6 aliphatic rings. The molecule has 0 aromatic heterocycles. The van der Waals surface area contributed by atoms with Crippen molar-refractivity contribution in [1.82, 2.24) is 25.4 Å². The average Bonchev–Trinajstić information content (AvgIpc) is 1.40. The number of anilines is 1. The molecule has 9 N–H and O–H groups in total. The Morgan fingerprint density at radius 1 is 0.966 bits per heavy atom. The van der Waals surface area contributed by atoms with Gasteiger partial charge in [0.25, 0.3) is 33.5 Å². The minimum absolute atomic E-state index is 0.00724. The minimum Gasteiger partial charge on any atom is -0.507 e. The van der Waals surface area contributed by atoms with Crippen LogP contribution < -0.4 is 20.8 Å². The normalized spacial score (nSPS) is 24.8. The number of carbonyl (C=O) groups is 8. The molecule has 3 saturated heterocycles. The molecular weight excluding hydrogens is 1200 g/mol. The molecular formula is C57H66N8O23S. The quantitative estimate of drug-likeness (QED) is 0.00969. The van der Waals surface area contributed by atoms with Gasteiger partial charge in [0, 0.05) is 106 Å². The molecule has 2 aliphatic carbocycles. The fourth-order valence-corrected chi connectivity index (χ4v) is 12.8. The average molecular weight is 1260 g/mol.